The molecule has 0 aromatic heterocycles. The van der Waals surface area contributed by atoms with E-state index in [1.807, 2.05) is 0 Å². The van der Waals surface area contributed by atoms with Crippen molar-refractivity contribution in [2.24, 2.45) is 11.7 Å². The molecule has 21 heavy (non-hydrogen) atoms. The van der Waals surface area contributed by atoms with Gasteiger partial charge in [0.05, 0.1) is 24.2 Å². The third kappa shape index (κ3) is 3.80. The summed E-state index contributed by atoms with van der Waals surface area (Å²) in [7, 11) is 0. The Kier molecular flexibility index (Phi) is 4.90. The van der Waals surface area contributed by atoms with Crippen LogP contribution in [0.25, 0.3) is 0 Å². The molecule has 1 fully saturated rings. The lowest BCUT2D eigenvalue weighted by atomic mass is 9.99. The normalized spacial score (nSPS) is 18.7. The fourth-order valence-corrected chi connectivity index (χ4v) is 2.28. The second-order valence-electron chi connectivity index (χ2n) is 5.00. The van der Waals surface area contributed by atoms with Crippen LogP contribution in [0, 0.1) is 17.2 Å². The van der Waals surface area contributed by atoms with E-state index in [4.69, 9.17) is 15.7 Å². The van der Waals surface area contributed by atoms with Crippen molar-refractivity contribution in [3.63, 3.8) is 0 Å². The van der Waals surface area contributed by atoms with Gasteiger partial charge in [0.15, 0.2) is 0 Å². The van der Waals surface area contributed by atoms with Crippen LogP contribution in [0.1, 0.15) is 17.5 Å². The van der Waals surface area contributed by atoms with Gasteiger partial charge in [-0.3, -0.25) is 9.59 Å². The van der Waals surface area contributed by atoms with Gasteiger partial charge in [0.2, 0.25) is 11.8 Å². The van der Waals surface area contributed by atoms with E-state index >= 15 is 0 Å². The molecule has 3 N–H and O–H groups in total. The van der Waals surface area contributed by atoms with Crippen molar-refractivity contribution < 1.29 is 14.3 Å². The maximum absolute atomic E-state index is 12.0. The van der Waals surface area contributed by atoms with Gasteiger partial charge in [-0.2, -0.15) is 5.26 Å². The summed E-state index contributed by atoms with van der Waals surface area (Å²) in [6.07, 6.45) is 0.852. The molecular formula is C15H17N3O3. The molecular weight excluding hydrogens is 270 g/mol. The number of carbonyl (C=O) groups excluding carboxylic acids is 2. The number of nitrogens with one attached hydrogen (secondary N) is 1. The minimum atomic E-state index is -0.826. The summed E-state index contributed by atoms with van der Waals surface area (Å²) in [4.78, 5) is 23.6. The van der Waals surface area contributed by atoms with E-state index in [-0.39, 0.29) is 18.2 Å². The van der Waals surface area contributed by atoms with Crippen LogP contribution in [0.2, 0.25) is 0 Å². The number of rotatable bonds is 5. The zero-order chi connectivity index (χ0) is 15.2. The highest BCUT2D eigenvalue weighted by atomic mass is 16.5. The Balaban J connectivity index is 2.07. The second-order valence-corrected chi connectivity index (χ2v) is 5.00. The number of ether oxygens (including phenoxy) is 1. The summed E-state index contributed by atoms with van der Waals surface area (Å²) >= 11 is 0. The monoisotopic (exact) mass is 287 g/mol. The Morgan fingerprint density at radius 3 is 2.86 bits per heavy atom. The lowest BCUT2D eigenvalue weighted by Gasteiger charge is -2.18. The Bertz CT molecular complexity index is 574. The molecule has 1 aromatic carbocycles. The molecule has 0 saturated carbocycles. The number of nitrogens with zero attached hydrogens (tertiary/aromatic N) is 1. The van der Waals surface area contributed by atoms with Crippen molar-refractivity contribution in [2.75, 3.05) is 13.2 Å². The fourth-order valence-electron chi connectivity index (χ4n) is 2.28. The zero-order valence-corrected chi connectivity index (χ0v) is 11.5. The number of carbonyl (C=O) groups is 2. The first-order valence-electron chi connectivity index (χ1n) is 6.77. The molecule has 2 rings (SSSR count). The molecule has 2 atom stereocenters. The molecule has 1 heterocycles. The molecule has 1 aliphatic heterocycles. The van der Waals surface area contributed by atoms with Crippen molar-refractivity contribution in [3.8, 4) is 6.07 Å². The highest BCUT2D eigenvalue weighted by Crippen LogP contribution is 2.14. The summed E-state index contributed by atoms with van der Waals surface area (Å²) < 4.78 is 5.15. The van der Waals surface area contributed by atoms with Crippen LogP contribution in [-0.4, -0.2) is 31.1 Å². The molecule has 6 nitrogen and oxygen atoms in total. The van der Waals surface area contributed by atoms with Gasteiger partial charge in [-0.25, -0.2) is 0 Å². The van der Waals surface area contributed by atoms with E-state index in [9.17, 15) is 9.59 Å². The summed E-state index contributed by atoms with van der Waals surface area (Å²) in [5.74, 6) is -1.08. The second kappa shape index (κ2) is 6.86. The Morgan fingerprint density at radius 1 is 1.48 bits per heavy atom. The van der Waals surface area contributed by atoms with E-state index < -0.39 is 11.9 Å². The van der Waals surface area contributed by atoms with Crippen molar-refractivity contribution in [3.05, 3.63) is 35.4 Å². The van der Waals surface area contributed by atoms with Gasteiger partial charge in [-0.15, -0.1) is 0 Å². The predicted octanol–water partition coefficient (Wildman–Crippen LogP) is 0.107. The van der Waals surface area contributed by atoms with Crippen molar-refractivity contribution in [1.29, 1.82) is 5.26 Å². The largest absolute Gasteiger partial charge is 0.381 e. The smallest absolute Gasteiger partial charge is 0.240 e. The average Bonchev–Trinajstić information content (AvgIpc) is 3.01. The molecule has 0 unspecified atom stereocenters. The number of nitriles is 1. The summed E-state index contributed by atoms with van der Waals surface area (Å²) in [5, 5.41) is 11.7. The van der Waals surface area contributed by atoms with Crippen LogP contribution >= 0.6 is 0 Å². The topological polar surface area (TPSA) is 105 Å². The number of primary amides is 1. The van der Waals surface area contributed by atoms with Gasteiger partial charge in [-0.05, 0) is 18.1 Å². The van der Waals surface area contributed by atoms with Crippen molar-refractivity contribution >= 4 is 11.8 Å². The van der Waals surface area contributed by atoms with Crippen LogP contribution < -0.4 is 11.1 Å². The first-order valence-corrected chi connectivity index (χ1v) is 6.77. The van der Waals surface area contributed by atoms with Gasteiger partial charge in [0.25, 0.3) is 0 Å². The van der Waals surface area contributed by atoms with E-state index in [0.717, 1.165) is 0 Å². The predicted molar refractivity (Wildman–Crippen MR) is 74.9 cm³/mol. The average molecular weight is 287 g/mol. The van der Waals surface area contributed by atoms with Crippen LogP contribution in [0.5, 0.6) is 0 Å². The Labute approximate surface area is 122 Å². The van der Waals surface area contributed by atoms with Gasteiger partial charge in [0, 0.05) is 13.0 Å². The molecule has 0 spiro atoms. The summed E-state index contributed by atoms with van der Waals surface area (Å²) in [5.41, 5.74) is 6.52. The molecule has 0 aliphatic carbocycles. The quantitative estimate of drug-likeness (QED) is 0.801. The number of hydrogen-bond donors (Lipinski definition) is 2. The van der Waals surface area contributed by atoms with Crippen LogP contribution in [-0.2, 0) is 20.7 Å². The highest BCUT2D eigenvalue weighted by molar-refractivity contribution is 5.88. The number of benzene rings is 1. The van der Waals surface area contributed by atoms with Gasteiger partial charge < -0.3 is 15.8 Å². The number of nitrogens with two attached hydrogens (primary N) is 1. The van der Waals surface area contributed by atoms with Crippen LogP contribution in [0.4, 0.5) is 0 Å². The van der Waals surface area contributed by atoms with E-state index in [2.05, 4.69) is 11.4 Å². The molecule has 110 valence electrons. The molecule has 6 heteroatoms. The third-order valence-corrected chi connectivity index (χ3v) is 3.52. The van der Waals surface area contributed by atoms with Gasteiger partial charge in [0.1, 0.15) is 6.04 Å². The van der Waals surface area contributed by atoms with Crippen LogP contribution in [0.3, 0.4) is 0 Å². The SMILES string of the molecule is N#Cc1ccccc1C[C@@H](NC(=O)[C@@H]1CCOC1)C(N)=O. The molecule has 0 radical (unpaired) electrons. The molecule has 0 bridgehead atoms. The number of hydrogen-bond acceptors (Lipinski definition) is 4. The maximum atomic E-state index is 12.0. The van der Waals surface area contributed by atoms with Gasteiger partial charge >= 0.3 is 0 Å². The van der Waals surface area contributed by atoms with E-state index in [1.165, 1.54) is 0 Å². The van der Waals surface area contributed by atoms with E-state index in [1.54, 1.807) is 24.3 Å². The Hall–Kier alpha value is -2.39. The van der Waals surface area contributed by atoms with Crippen LogP contribution in [0.15, 0.2) is 24.3 Å². The first-order chi connectivity index (χ1) is 10.1. The fraction of sp³-hybridized carbons (Fsp3) is 0.400. The van der Waals surface area contributed by atoms with Crippen molar-refractivity contribution in [1.82, 2.24) is 5.32 Å². The lowest BCUT2D eigenvalue weighted by Crippen LogP contribution is -2.48. The standard InChI is InChI=1S/C15H17N3O3/c16-8-11-4-2-1-3-10(11)7-13(14(17)19)18-15(20)12-5-6-21-9-12/h1-4,12-13H,5-7,9H2,(H2,17,19)(H,18,20)/t12-,13-/m1/s1. The maximum Gasteiger partial charge on any atom is 0.240 e. The minimum Gasteiger partial charge on any atom is -0.381 e. The lowest BCUT2D eigenvalue weighted by molar-refractivity contribution is -0.129. The molecule has 1 aliphatic rings. The summed E-state index contributed by atoms with van der Waals surface area (Å²) in [6.45, 7) is 0.919. The highest BCUT2D eigenvalue weighted by Gasteiger charge is 2.27. The molecule has 2 amide bonds. The molecule has 1 saturated heterocycles. The number of amides is 2. The zero-order valence-electron chi connectivity index (χ0n) is 11.5. The van der Waals surface area contributed by atoms with Gasteiger partial charge in [-0.1, -0.05) is 18.2 Å². The van der Waals surface area contributed by atoms with Crippen molar-refractivity contribution in [2.45, 2.75) is 18.9 Å². The first kappa shape index (κ1) is 15.0. The minimum absolute atomic E-state index is 0.207. The summed E-state index contributed by atoms with van der Waals surface area (Å²) in [6, 6.07) is 8.18. The molecule has 1 aromatic rings. The Morgan fingerprint density at radius 2 is 2.24 bits per heavy atom. The van der Waals surface area contributed by atoms with E-state index in [0.29, 0.717) is 30.8 Å². The third-order valence-electron chi connectivity index (χ3n) is 3.52.